The van der Waals surface area contributed by atoms with Crippen LogP contribution < -0.4 is 5.32 Å². The van der Waals surface area contributed by atoms with E-state index in [0.29, 0.717) is 0 Å². The molecule has 2 aliphatic rings. The molecule has 1 atom stereocenters. The Hall–Kier alpha value is -0.870. The second-order valence-electron chi connectivity index (χ2n) is 8.66. The Morgan fingerprint density at radius 1 is 1.29 bits per heavy atom. The van der Waals surface area contributed by atoms with Crippen LogP contribution in [-0.2, 0) is 6.54 Å². The van der Waals surface area contributed by atoms with Crippen molar-refractivity contribution in [2.75, 3.05) is 52.9 Å². The molecule has 2 aliphatic heterocycles. The number of nitrogens with one attached hydrogen (secondary N) is 1. The summed E-state index contributed by atoms with van der Waals surface area (Å²) in [5.41, 5.74) is 1.14. The first-order valence-electron chi connectivity index (χ1n) is 10.3. The fraction of sp³-hybridized carbons (Fsp3) is 0.800. The third-order valence-electron chi connectivity index (χ3n) is 5.95. The fourth-order valence-electron chi connectivity index (χ4n) is 4.14. The van der Waals surface area contributed by atoms with Gasteiger partial charge in [-0.05, 0) is 39.2 Å². The topological polar surface area (TPSA) is 60.1 Å². The standard InChI is InChI=1S/C20H36N6O.HI/c1-17-6-5-8-26(14-17)20(2,3)16-22-19(21-4)25-11-9-24(10-12-25)15-18-7-13-27-23-18;/h7,13,17H,5-6,8-12,14-16H2,1-4H3,(H,21,22);1H. The van der Waals surface area contributed by atoms with Gasteiger partial charge in [0, 0.05) is 64.5 Å². The van der Waals surface area contributed by atoms with Gasteiger partial charge in [0.2, 0.25) is 0 Å². The Morgan fingerprint density at radius 3 is 2.64 bits per heavy atom. The number of halogens is 1. The number of likely N-dealkylation sites (tertiary alicyclic amines) is 1. The third-order valence-corrected chi connectivity index (χ3v) is 5.95. The van der Waals surface area contributed by atoms with Gasteiger partial charge in [0.25, 0.3) is 0 Å². The molecule has 3 heterocycles. The van der Waals surface area contributed by atoms with Gasteiger partial charge in [0.1, 0.15) is 6.26 Å². The molecular formula is C20H37IN6O. The van der Waals surface area contributed by atoms with E-state index in [0.717, 1.165) is 56.8 Å². The SMILES string of the molecule is CN=C(NCC(C)(C)N1CCCC(C)C1)N1CCN(Cc2ccon2)CC1.I. The van der Waals surface area contributed by atoms with E-state index in [4.69, 9.17) is 4.52 Å². The first kappa shape index (κ1) is 23.4. The monoisotopic (exact) mass is 504 g/mol. The van der Waals surface area contributed by atoms with Crippen molar-refractivity contribution in [1.29, 1.82) is 0 Å². The summed E-state index contributed by atoms with van der Waals surface area (Å²) < 4.78 is 4.93. The van der Waals surface area contributed by atoms with Gasteiger partial charge in [-0.2, -0.15) is 0 Å². The Labute approximate surface area is 186 Å². The first-order chi connectivity index (χ1) is 13.0. The maximum atomic E-state index is 4.93. The summed E-state index contributed by atoms with van der Waals surface area (Å²) in [6, 6.07) is 1.94. The summed E-state index contributed by atoms with van der Waals surface area (Å²) >= 11 is 0. The molecule has 28 heavy (non-hydrogen) atoms. The molecule has 3 rings (SSSR count). The second kappa shape index (κ2) is 10.8. The summed E-state index contributed by atoms with van der Waals surface area (Å²) in [7, 11) is 1.89. The smallest absolute Gasteiger partial charge is 0.193 e. The minimum atomic E-state index is 0. The zero-order chi connectivity index (χ0) is 19.3. The molecule has 1 aromatic rings. The van der Waals surface area contributed by atoms with E-state index in [1.54, 1.807) is 6.26 Å². The van der Waals surface area contributed by atoms with Crippen LogP contribution in [-0.4, -0.2) is 84.2 Å². The van der Waals surface area contributed by atoms with Gasteiger partial charge in [-0.15, -0.1) is 24.0 Å². The highest BCUT2D eigenvalue weighted by atomic mass is 127. The summed E-state index contributed by atoms with van der Waals surface area (Å²) in [4.78, 5) is 12.0. The molecule has 7 nitrogen and oxygen atoms in total. The quantitative estimate of drug-likeness (QED) is 0.378. The van der Waals surface area contributed by atoms with E-state index >= 15 is 0 Å². The number of aromatic nitrogens is 1. The van der Waals surface area contributed by atoms with Gasteiger partial charge >= 0.3 is 0 Å². The third kappa shape index (κ3) is 6.32. The summed E-state index contributed by atoms with van der Waals surface area (Å²) in [5.74, 6) is 1.82. The lowest BCUT2D eigenvalue weighted by atomic mass is 9.93. The van der Waals surface area contributed by atoms with Crippen molar-refractivity contribution in [1.82, 2.24) is 25.2 Å². The molecule has 0 aliphatic carbocycles. The van der Waals surface area contributed by atoms with Gasteiger partial charge in [0.05, 0.1) is 5.69 Å². The Kier molecular flexibility index (Phi) is 9.01. The van der Waals surface area contributed by atoms with Gasteiger partial charge < -0.3 is 14.7 Å². The van der Waals surface area contributed by atoms with Crippen LogP contribution in [0.2, 0.25) is 0 Å². The molecule has 0 spiro atoms. The lowest BCUT2D eigenvalue weighted by molar-refractivity contribution is 0.0730. The molecule has 1 unspecified atom stereocenters. The Bertz CT molecular complexity index is 598. The fourth-order valence-corrected chi connectivity index (χ4v) is 4.14. The molecule has 1 N–H and O–H groups in total. The zero-order valence-corrected chi connectivity index (χ0v) is 20.2. The van der Waals surface area contributed by atoms with Crippen molar-refractivity contribution in [2.24, 2.45) is 10.9 Å². The highest BCUT2D eigenvalue weighted by Crippen LogP contribution is 2.23. The van der Waals surface area contributed by atoms with Crippen LogP contribution in [0.15, 0.2) is 21.8 Å². The molecule has 2 fully saturated rings. The maximum absolute atomic E-state index is 4.93. The van der Waals surface area contributed by atoms with Crippen molar-refractivity contribution in [2.45, 2.75) is 45.7 Å². The summed E-state index contributed by atoms with van der Waals surface area (Å²) in [6.45, 7) is 15.3. The molecule has 0 bridgehead atoms. The van der Waals surface area contributed by atoms with Gasteiger partial charge in [-0.3, -0.25) is 14.8 Å². The maximum Gasteiger partial charge on any atom is 0.193 e. The summed E-state index contributed by atoms with van der Waals surface area (Å²) in [6.07, 6.45) is 4.31. The van der Waals surface area contributed by atoms with Crippen molar-refractivity contribution in [3.8, 4) is 0 Å². The molecule has 0 amide bonds. The van der Waals surface area contributed by atoms with Crippen molar-refractivity contribution in [3.63, 3.8) is 0 Å². The van der Waals surface area contributed by atoms with Crippen LogP contribution >= 0.6 is 24.0 Å². The van der Waals surface area contributed by atoms with E-state index in [9.17, 15) is 0 Å². The lowest BCUT2D eigenvalue weighted by Crippen LogP contribution is -2.58. The molecule has 0 saturated carbocycles. The largest absolute Gasteiger partial charge is 0.364 e. The summed E-state index contributed by atoms with van der Waals surface area (Å²) in [5, 5.41) is 7.66. The molecule has 1 aromatic heterocycles. The number of piperazine rings is 1. The Balaban J connectivity index is 0.00000280. The van der Waals surface area contributed by atoms with Crippen LogP contribution in [0.5, 0.6) is 0 Å². The van der Waals surface area contributed by atoms with Crippen molar-refractivity contribution >= 4 is 29.9 Å². The number of guanidine groups is 1. The van der Waals surface area contributed by atoms with Gasteiger partial charge in [-0.1, -0.05) is 12.1 Å². The van der Waals surface area contributed by atoms with Crippen molar-refractivity contribution < 1.29 is 4.52 Å². The number of piperidine rings is 1. The van der Waals surface area contributed by atoms with Crippen LogP contribution in [0.25, 0.3) is 0 Å². The molecule has 0 radical (unpaired) electrons. The van der Waals surface area contributed by atoms with Gasteiger partial charge in [0.15, 0.2) is 5.96 Å². The zero-order valence-electron chi connectivity index (χ0n) is 17.9. The normalized spacial score (nSPS) is 22.8. The van der Waals surface area contributed by atoms with E-state index in [1.165, 1.54) is 25.9 Å². The molecule has 0 aromatic carbocycles. The van der Waals surface area contributed by atoms with E-state index in [1.807, 2.05) is 13.1 Å². The average Bonchev–Trinajstić information content (AvgIpc) is 3.16. The lowest BCUT2D eigenvalue weighted by Gasteiger charge is -2.44. The molecular weight excluding hydrogens is 467 g/mol. The van der Waals surface area contributed by atoms with E-state index in [-0.39, 0.29) is 29.5 Å². The highest BCUT2D eigenvalue weighted by Gasteiger charge is 2.31. The Morgan fingerprint density at radius 2 is 2.04 bits per heavy atom. The van der Waals surface area contributed by atoms with Crippen LogP contribution in [0.4, 0.5) is 0 Å². The van der Waals surface area contributed by atoms with Gasteiger partial charge in [-0.25, -0.2) is 0 Å². The minimum absolute atomic E-state index is 0. The van der Waals surface area contributed by atoms with Crippen LogP contribution in [0, 0.1) is 5.92 Å². The predicted molar refractivity (Wildman–Crippen MR) is 124 cm³/mol. The van der Waals surface area contributed by atoms with Crippen LogP contribution in [0.1, 0.15) is 39.3 Å². The number of rotatable bonds is 5. The highest BCUT2D eigenvalue weighted by molar-refractivity contribution is 14.0. The number of hydrogen-bond acceptors (Lipinski definition) is 5. The number of hydrogen-bond donors (Lipinski definition) is 1. The number of nitrogens with zero attached hydrogens (tertiary/aromatic N) is 5. The average molecular weight is 504 g/mol. The minimum Gasteiger partial charge on any atom is -0.364 e. The molecule has 2 saturated heterocycles. The number of aliphatic imine (C=N–C) groups is 1. The van der Waals surface area contributed by atoms with Crippen molar-refractivity contribution in [3.05, 3.63) is 18.0 Å². The first-order valence-corrected chi connectivity index (χ1v) is 10.3. The molecule has 8 heteroatoms. The van der Waals surface area contributed by atoms with E-state index in [2.05, 4.69) is 50.9 Å². The second-order valence-corrected chi connectivity index (χ2v) is 8.66. The van der Waals surface area contributed by atoms with E-state index < -0.39 is 0 Å². The molecule has 160 valence electrons. The predicted octanol–water partition coefficient (Wildman–Crippen LogP) is 2.50. The van der Waals surface area contributed by atoms with Crippen LogP contribution in [0.3, 0.4) is 0 Å².